The fourth-order valence-electron chi connectivity index (χ4n) is 2.22. The highest BCUT2D eigenvalue weighted by Crippen LogP contribution is 2.23. The number of para-hydroxylation sites is 1. The van der Waals surface area contributed by atoms with Crippen molar-refractivity contribution in [3.8, 4) is 11.5 Å². The van der Waals surface area contributed by atoms with Crippen LogP contribution in [0.3, 0.4) is 0 Å². The Morgan fingerprint density at radius 3 is 2.33 bits per heavy atom. The molecule has 2 aromatic rings. The molecule has 0 amide bonds. The molecule has 0 bridgehead atoms. The number of ketones is 1. The zero-order chi connectivity index (χ0) is 15.1. The van der Waals surface area contributed by atoms with E-state index in [0.29, 0.717) is 24.5 Å². The molecule has 0 N–H and O–H groups in total. The van der Waals surface area contributed by atoms with Crippen molar-refractivity contribution in [2.75, 3.05) is 13.2 Å². The van der Waals surface area contributed by atoms with Gasteiger partial charge in [-0.25, -0.2) is 0 Å². The van der Waals surface area contributed by atoms with Crippen molar-refractivity contribution >= 4 is 5.78 Å². The molecule has 0 aliphatic carbocycles. The molecular weight excluding hydrogens is 264 g/mol. The van der Waals surface area contributed by atoms with Gasteiger partial charge in [0, 0.05) is 0 Å². The van der Waals surface area contributed by atoms with Crippen molar-refractivity contribution in [2.24, 2.45) is 0 Å². The number of Topliss-reactive ketones (excluding diaryl/α,β-unsaturated/α-hetero) is 1. The minimum atomic E-state index is 0.0337. The summed E-state index contributed by atoms with van der Waals surface area (Å²) in [6.07, 6.45) is 0.812. The second-order valence-electron chi connectivity index (χ2n) is 4.71. The van der Waals surface area contributed by atoms with Crippen LogP contribution in [0.1, 0.15) is 29.8 Å². The number of aryl methyl sites for hydroxylation is 1. The summed E-state index contributed by atoms with van der Waals surface area (Å²) in [7, 11) is 0. The van der Waals surface area contributed by atoms with Gasteiger partial charge >= 0.3 is 0 Å². The molecule has 0 saturated heterocycles. The van der Waals surface area contributed by atoms with Crippen molar-refractivity contribution in [1.82, 2.24) is 0 Å². The molecular formula is C18H20O3. The summed E-state index contributed by atoms with van der Waals surface area (Å²) in [6.45, 7) is 4.45. The number of hydrogen-bond donors (Lipinski definition) is 0. The Kier molecular flexibility index (Phi) is 5.38. The summed E-state index contributed by atoms with van der Waals surface area (Å²) in [4.78, 5) is 11.8. The molecule has 110 valence electrons. The van der Waals surface area contributed by atoms with Gasteiger partial charge in [0.2, 0.25) is 0 Å². The topological polar surface area (TPSA) is 35.5 Å². The first-order valence-corrected chi connectivity index (χ1v) is 7.16. The second kappa shape index (κ2) is 7.48. The molecule has 0 fully saturated rings. The lowest BCUT2D eigenvalue weighted by atomic mass is 10.0. The first-order valence-electron chi connectivity index (χ1n) is 7.16. The zero-order valence-corrected chi connectivity index (χ0v) is 12.5. The molecule has 2 aromatic carbocycles. The Bertz CT molecular complexity index is 591. The largest absolute Gasteiger partial charge is 0.490 e. The maximum Gasteiger partial charge on any atom is 0.163 e. The summed E-state index contributed by atoms with van der Waals surface area (Å²) >= 11 is 0. The van der Waals surface area contributed by atoms with Gasteiger partial charge in [-0.1, -0.05) is 37.3 Å². The first-order chi connectivity index (χ1) is 10.2. The molecule has 3 heteroatoms. The van der Waals surface area contributed by atoms with Gasteiger partial charge in [-0.3, -0.25) is 4.79 Å². The van der Waals surface area contributed by atoms with Gasteiger partial charge in [0.25, 0.3) is 0 Å². The quantitative estimate of drug-likeness (QED) is 0.571. The lowest BCUT2D eigenvalue weighted by molar-refractivity contribution is 0.101. The minimum absolute atomic E-state index is 0.0337. The van der Waals surface area contributed by atoms with E-state index in [1.165, 1.54) is 0 Å². The molecule has 0 aromatic heterocycles. The lowest BCUT2D eigenvalue weighted by Gasteiger charge is -2.13. The van der Waals surface area contributed by atoms with Crippen LogP contribution >= 0.6 is 0 Å². The lowest BCUT2D eigenvalue weighted by Crippen LogP contribution is -2.11. The van der Waals surface area contributed by atoms with Gasteiger partial charge in [-0.05, 0) is 37.1 Å². The van der Waals surface area contributed by atoms with Gasteiger partial charge in [-0.2, -0.15) is 0 Å². The summed E-state index contributed by atoms with van der Waals surface area (Å²) in [5.74, 6) is 1.49. The third kappa shape index (κ3) is 4.09. The number of benzene rings is 2. The summed E-state index contributed by atoms with van der Waals surface area (Å²) in [6, 6.07) is 15.3. The maximum atomic E-state index is 11.8. The van der Waals surface area contributed by atoms with Gasteiger partial charge in [0.15, 0.2) is 5.78 Å². The summed E-state index contributed by atoms with van der Waals surface area (Å²) in [5, 5.41) is 0. The fourth-order valence-corrected chi connectivity index (χ4v) is 2.22. The predicted molar refractivity (Wildman–Crippen MR) is 83.3 cm³/mol. The van der Waals surface area contributed by atoms with Crippen LogP contribution < -0.4 is 9.47 Å². The molecule has 0 aliphatic rings. The standard InChI is InChI=1S/C18H20O3/c1-3-15-8-7-11-17(18(15)14(2)19)21-13-12-20-16-9-5-4-6-10-16/h4-11H,3,12-13H2,1-2H3. The van der Waals surface area contributed by atoms with Crippen molar-refractivity contribution in [2.45, 2.75) is 20.3 Å². The third-order valence-corrected chi connectivity index (χ3v) is 3.20. The van der Waals surface area contributed by atoms with Crippen molar-refractivity contribution < 1.29 is 14.3 Å². The Morgan fingerprint density at radius 2 is 1.67 bits per heavy atom. The predicted octanol–water partition coefficient (Wildman–Crippen LogP) is 3.91. The van der Waals surface area contributed by atoms with E-state index in [4.69, 9.17) is 9.47 Å². The molecule has 0 saturated carbocycles. The zero-order valence-electron chi connectivity index (χ0n) is 12.5. The molecule has 0 atom stereocenters. The van der Waals surface area contributed by atoms with E-state index < -0.39 is 0 Å². The van der Waals surface area contributed by atoms with Crippen molar-refractivity contribution in [3.05, 3.63) is 59.7 Å². The summed E-state index contributed by atoms with van der Waals surface area (Å²) < 4.78 is 11.3. The number of ether oxygens (including phenoxy) is 2. The van der Waals surface area contributed by atoms with E-state index in [1.807, 2.05) is 55.5 Å². The number of carbonyl (C=O) groups is 1. The van der Waals surface area contributed by atoms with Crippen LogP contribution in [0.25, 0.3) is 0 Å². The fraction of sp³-hybridized carbons (Fsp3) is 0.278. The van der Waals surface area contributed by atoms with Gasteiger partial charge in [0.1, 0.15) is 24.7 Å². The molecule has 0 unspecified atom stereocenters. The minimum Gasteiger partial charge on any atom is -0.490 e. The van der Waals surface area contributed by atoms with Gasteiger partial charge in [0.05, 0.1) is 5.56 Å². The van der Waals surface area contributed by atoms with Crippen molar-refractivity contribution in [3.63, 3.8) is 0 Å². The van der Waals surface area contributed by atoms with E-state index in [1.54, 1.807) is 6.92 Å². The van der Waals surface area contributed by atoms with Crippen LogP contribution in [-0.4, -0.2) is 19.0 Å². The van der Waals surface area contributed by atoms with Crippen LogP contribution in [0, 0.1) is 0 Å². The maximum absolute atomic E-state index is 11.8. The molecule has 0 aliphatic heterocycles. The first kappa shape index (κ1) is 15.1. The van der Waals surface area contributed by atoms with Crippen molar-refractivity contribution in [1.29, 1.82) is 0 Å². The molecule has 2 rings (SSSR count). The van der Waals surface area contributed by atoms with Gasteiger partial charge < -0.3 is 9.47 Å². The number of rotatable bonds is 7. The van der Waals surface area contributed by atoms with E-state index in [0.717, 1.165) is 17.7 Å². The van der Waals surface area contributed by atoms with Crippen LogP contribution in [0.15, 0.2) is 48.5 Å². The SMILES string of the molecule is CCc1cccc(OCCOc2ccccc2)c1C(C)=O. The Morgan fingerprint density at radius 1 is 0.952 bits per heavy atom. The normalized spacial score (nSPS) is 10.2. The van der Waals surface area contributed by atoms with Gasteiger partial charge in [-0.15, -0.1) is 0 Å². The number of hydrogen-bond acceptors (Lipinski definition) is 3. The highest BCUT2D eigenvalue weighted by Gasteiger charge is 2.12. The molecule has 0 spiro atoms. The Hall–Kier alpha value is -2.29. The molecule has 0 heterocycles. The highest BCUT2D eigenvalue weighted by molar-refractivity contribution is 5.98. The Balaban J connectivity index is 1.95. The van der Waals surface area contributed by atoms with Crippen LogP contribution in [0.5, 0.6) is 11.5 Å². The third-order valence-electron chi connectivity index (χ3n) is 3.20. The average Bonchev–Trinajstić information content (AvgIpc) is 2.52. The average molecular weight is 284 g/mol. The van der Waals surface area contributed by atoms with E-state index in [-0.39, 0.29) is 5.78 Å². The second-order valence-corrected chi connectivity index (χ2v) is 4.71. The van der Waals surface area contributed by atoms with E-state index in [2.05, 4.69) is 0 Å². The smallest absolute Gasteiger partial charge is 0.163 e. The molecule has 3 nitrogen and oxygen atoms in total. The Labute approximate surface area is 125 Å². The summed E-state index contributed by atoms with van der Waals surface area (Å²) in [5.41, 5.74) is 1.70. The van der Waals surface area contributed by atoms with E-state index >= 15 is 0 Å². The molecule has 21 heavy (non-hydrogen) atoms. The van der Waals surface area contributed by atoms with Crippen LogP contribution in [0.4, 0.5) is 0 Å². The van der Waals surface area contributed by atoms with Crippen LogP contribution in [0.2, 0.25) is 0 Å². The molecule has 0 radical (unpaired) electrons. The van der Waals surface area contributed by atoms with Crippen LogP contribution in [-0.2, 0) is 6.42 Å². The van der Waals surface area contributed by atoms with E-state index in [9.17, 15) is 4.79 Å². The number of carbonyl (C=O) groups excluding carboxylic acids is 1. The monoisotopic (exact) mass is 284 g/mol. The highest BCUT2D eigenvalue weighted by atomic mass is 16.5.